The molecule has 0 unspecified atom stereocenters. The Balaban J connectivity index is 1.23. The number of methoxy groups -OCH3 is 3. The summed E-state index contributed by atoms with van der Waals surface area (Å²) in [7, 11) is 4.79. The molecule has 0 saturated carbocycles. The standard InChI is InChI=1S/C38H35F2N7O4/c1-49-25-15-19-46(20-16-25)24-11-12-29(32(22-24)51-3)42-38-41-17-14-30(43-38)36-34(44-33-9-4-5-18-47(33)36)23-10-13-31(50-2)26(21-23)37(48)45-35-27(39)7-6-8-28(35)40/h4-14,17-18,21-22,25H,15-16,19-20H2,1-3H3,(H,45,48)(H,41,42,43). The van der Waals surface area contributed by atoms with E-state index in [9.17, 15) is 13.6 Å². The normalized spacial score (nSPS) is 13.3. The number of amides is 1. The topological polar surface area (TPSA) is 115 Å². The van der Waals surface area contributed by atoms with Gasteiger partial charge in [-0.25, -0.2) is 23.7 Å². The molecule has 7 rings (SSSR count). The maximum Gasteiger partial charge on any atom is 0.259 e. The summed E-state index contributed by atoms with van der Waals surface area (Å²) in [5.41, 5.74) is 4.14. The number of imidazole rings is 1. The third kappa shape index (κ3) is 6.75. The average molecular weight is 692 g/mol. The number of fused-ring (bicyclic) bond motifs is 1. The van der Waals surface area contributed by atoms with Gasteiger partial charge in [0, 0.05) is 49.9 Å². The van der Waals surface area contributed by atoms with E-state index < -0.39 is 23.2 Å². The summed E-state index contributed by atoms with van der Waals surface area (Å²) in [6.07, 6.45) is 5.72. The molecule has 0 radical (unpaired) electrons. The molecule has 0 aliphatic carbocycles. The molecule has 1 aliphatic rings. The molecule has 13 heteroatoms. The van der Waals surface area contributed by atoms with Crippen LogP contribution in [-0.4, -0.2) is 65.8 Å². The van der Waals surface area contributed by atoms with E-state index in [1.54, 1.807) is 44.7 Å². The lowest BCUT2D eigenvalue weighted by Gasteiger charge is -2.33. The zero-order valence-corrected chi connectivity index (χ0v) is 28.2. The number of rotatable bonds is 10. The monoisotopic (exact) mass is 691 g/mol. The van der Waals surface area contributed by atoms with Crippen molar-refractivity contribution in [1.29, 1.82) is 0 Å². The van der Waals surface area contributed by atoms with E-state index in [0.29, 0.717) is 45.7 Å². The van der Waals surface area contributed by atoms with Crippen molar-refractivity contribution in [2.75, 3.05) is 50.0 Å². The van der Waals surface area contributed by atoms with Crippen LogP contribution in [-0.2, 0) is 4.74 Å². The molecule has 1 saturated heterocycles. The summed E-state index contributed by atoms with van der Waals surface area (Å²) in [5, 5.41) is 5.65. The molecule has 2 N–H and O–H groups in total. The Morgan fingerprint density at radius 2 is 1.65 bits per heavy atom. The fourth-order valence-electron chi connectivity index (χ4n) is 6.27. The Morgan fingerprint density at radius 3 is 2.39 bits per heavy atom. The number of hydrogen-bond donors (Lipinski definition) is 2. The molecule has 3 aromatic carbocycles. The van der Waals surface area contributed by atoms with Crippen LogP contribution in [0.25, 0.3) is 28.3 Å². The number of ether oxygens (including phenoxy) is 3. The van der Waals surface area contributed by atoms with E-state index in [1.165, 1.54) is 13.2 Å². The van der Waals surface area contributed by atoms with Gasteiger partial charge in [0.2, 0.25) is 5.95 Å². The lowest BCUT2D eigenvalue weighted by Crippen LogP contribution is -2.36. The van der Waals surface area contributed by atoms with Gasteiger partial charge in [-0.3, -0.25) is 9.20 Å². The van der Waals surface area contributed by atoms with Crippen LogP contribution in [0.2, 0.25) is 0 Å². The molecular weight excluding hydrogens is 656 g/mol. The molecular formula is C38H35F2N7O4. The second-order valence-electron chi connectivity index (χ2n) is 11.9. The number of anilines is 4. The van der Waals surface area contributed by atoms with E-state index in [2.05, 4.69) is 20.5 Å². The minimum absolute atomic E-state index is 0.0595. The van der Waals surface area contributed by atoms with Gasteiger partial charge in [0.25, 0.3) is 5.91 Å². The predicted molar refractivity (Wildman–Crippen MR) is 191 cm³/mol. The highest BCUT2D eigenvalue weighted by Gasteiger charge is 2.23. The lowest BCUT2D eigenvalue weighted by atomic mass is 10.0. The second-order valence-corrected chi connectivity index (χ2v) is 11.9. The predicted octanol–water partition coefficient (Wildman–Crippen LogP) is 7.36. The van der Waals surface area contributed by atoms with E-state index in [-0.39, 0.29) is 17.4 Å². The Bertz CT molecular complexity index is 2200. The Morgan fingerprint density at radius 1 is 0.863 bits per heavy atom. The number of piperidine rings is 1. The van der Waals surface area contributed by atoms with Crippen molar-refractivity contribution in [1.82, 2.24) is 19.4 Å². The third-order valence-corrected chi connectivity index (χ3v) is 8.92. The summed E-state index contributed by atoms with van der Waals surface area (Å²) >= 11 is 0. The number of carbonyl (C=O) groups is 1. The maximum absolute atomic E-state index is 14.4. The fourth-order valence-corrected chi connectivity index (χ4v) is 6.27. The van der Waals surface area contributed by atoms with Gasteiger partial charge in [0.15, 0.2) is 0 Å². The van der Waals surface area contributed by atoms with Crippen molar-refractivity contribution in [2.45, 2.75) is 18.9 Å². The number of halogens is 2. The molecule has 3 aromatic heterocycles. The molecule has 1 aliphatic heterocycles. The zero-order valence-electron chi connectivity index (χ0n) is 28.2. The summed E-state index contributed by atoms with van der Waals surface area (Å²) in [5.74, 6) is -1.36. The quantitative estimate of drug-likeness (QED) is 0.152. The van der Waals surface area contributed by atoms with Crippen LogP contribution >= 0.6 is 0 Å². The third-order valence-electron chi connectivity index (χ3n) is 8.92. The molecule has 0 atom stereocenters. The highest BCUT2D eigenvalue weighted by atomic mass is 19.1. The fraction of sp³-hybridized carbons (Fsp3) is 0.211. The molecule has 1 fully saturated rings. The van der Waals surface area contributed by atoms with Crippen LogP contribution in [0, 0.1) is 11.6 Å². The number of pyridine rings is 1. The first-order valence-corrected chi connectivity index (χ1v) is 16.3. The largest absolute Gasteiger partial charge is 0.496 e. The van der Waals surface area contributed by atoms with Gasteiger partial charge in [-0.1, -0.05) is 12.1 Å². The van der Waals surface area contributed by atoms with Crippen LogP contribution in [0.15, 0.2) is 91.3 Å². The highest BCUT2D eigenvalue weighted by Crippen LogP contribution is 2.36. The SMILES string of the molecule is COc1cc(N2CCC(OC)CC2)ccc1Nc1nccc(-c2c(-c3ccc(OC)c(C(=O)Nc4c(F)cccc4F)c3)nc3ccccn23)n1. The van der Waals surface area contributed by atoms with Crippen LogP contribution in [0.3, 0.4) is 0 Å². The highest BCUT2D eigenvalue weighted by molar-refractivity contribution is 6.07. The maximum atomic E-state index is 14.4. The number of benzene rings is 3. The number of nitrogens with one attached hydrogen (secondary N) is 2. The smallest absolute Gasteiger partial charge is 0.259 e. The molecule has 6 aromatic rings. The average Bonchev–Trinajstić information content (AvgIpc) is 3.56. The molecule has 51 heavy (non-hydrogen) atoms. The van der Waals surface area contributed by atoms with Crippen LogP contribution in [0.5, 0.6) is 11.5 Å². The second kappa shape index (κ2) is 14.4. The molecule has 11 nitrogen and oxygen atoms in total. The van der Waals surface area contributed by atoms with Crippen LogP contribution < -0.4 is 25.0 Å². The van der Waals surface area contributed by atoms with Gasteiger partial charge >= 0.3 is 0 Å². The Labute approximate surface area is 292 Å². The summed E-state index contributed by atoms with van der Waals surface area (Å²) < 4.78 is 47.5. The Kier molecular flexibility index (Phi) is 9.45. The first-order chi connectivity index (χ1) is 24.9. The molecule has 1 amide bonds. The first-order valence-electron chi connectivity index (χ1n) is 16.3. The number of nitrogens with zero attached hydrogens (tertiary/aromatic N) is 5. The van der Waals surface area contributed by atoms with Crippen molar-refractivity contribution >= 4 is 34.6 Å². The van der Waals surface area contributed by atoms with Gasteiger partial charge < -0.3 is 29.7 Å². The van der Waals surface area contributed by atoms with E-state index in [4.69, 9.17) is 24.2 Å². The van der Waals surface area contributed by atoms with Gasteiger partial charge in [-0.15, -0.1) is 0 Å². The zero-order chi connectivity index (χ0) is 35.5. The minimum Gasteiger partial charge on any atom is -0.496 e. The van der Waals surface area contributed by atoms with Crippen molar-refractivity contribution in [3.8, 4) is 34.1 Å². The number of carbonyl (C=O) groups excluding carboxylic acids is 1. The lowest BCUT2D eigenvalue weighted by molar-refractivity contribution is 0.0819. The summed E-state index contributed by atoms with van der Waals surface area (Å²) in [6, 6.07) is 21.7. The van der Waals surface area contributed by atoms with E-state index in [1.807, 2.05) is 47.0 Å². The summed E-state index contributed by atoms with van der Waals surface area (Å²) in [4.78, 5) is 30.0. The minimum atomic E-state index is -0.898. The molecule has 0 bridgehead atoms. The van der Waals surface area contributed by atoms with E-state index in [0.717, 1.165) is 43.8 Å². The van der Waals surface area contributed by atoms with Gasteiger partial charge in [-0.05, 0) is 73.5 Å². The molecule has 4 heterocycles. The van der Waals surface area contributed by atoms with Crippen molar-refractivity contribution in [3.63, 3.8) is 0 Å². The van der Waals surface area contributed by atoms with Gasteiger partial charge in [0.1, 0.15) is 34.5 Å². The van der Waals surface area contributed by atoms with Crippen molar-refractivity contribution < 1.29 is 27.8 Å². The number of hydrogen-bond acceptors (Lipinski definition) is 9. The first kappa shape index (κ1) is 33.4. The Hall–Kier alpha value is -6.08. The van der Waals surface area contributed by atoms with Crippen LogP contribution in [0.1, 0.15) is 23.2 Å². The van der Waals surface area contributed by atoms with Gasteiger partial charge in [0.05, 0.1) is 48.7 Å². The van der Waals surface area contributed by atoms with Crippen LogP contribution in [0.4, 0.5) is 31.8 Å². The number of para-hydroxylation sites is 1. The van der Waals surface area contributed by atoms with E-state index >= 15 is 0 Å². The molecule has 0 spiro atoms. The van der Waals surface area contributed by atoms with Gasteiger partial charge in [-0.2, -0.15) is 0 Å². The molecule has 260 valence electrons. The van der Waals surface area contributed by atoms with Crippen molar-refractivity contribution in [2.24, 2.45) is 0 Å². The van der Waals surface area contributed by atoms with Crippen molar-refractivity contribution in [3.05, 3.63) is 108 Å². The summed E-state index contributed by atoms with van der Waals surface area (Å²) in [6.45, 7) is 1.79. The number of aromatic nitrogens is 4.